The van der Waals surface area contributed by atoms with Gasteiger partial charge in [-0.2, -0.15) is 0 Å². The minimum absolute atomic E-state index is 0.0768. The normalized spacial score (nSPS) is 20.9. The number of thioether (sulfide) groups is 1. The van der Waals surface area contributed by atoms with Gasteiger partial charge in [0.2, 0.25) is 6.79 Å². The first-order valence-corrected chi connectivity index (χ1v) is 12.1. The van der Waals surface area contributed by atoms with Gasteiger partial charge in [-0.1, -0.05) is 12.1 Å². The van der Waals surface area contributed by atoms with Crippen molar-refractivity contribution in [2.75, 3.05) is 25.5 Å². The van der Waals surface area contributed by atoms with E-state index in [0.29, 0.717) is 28.6 Å². The zero-order chi connectivity index (χ0) is 23.7. The summed E-state index contributed by atoms with van der Waals surface area (Å²) in [6.45, 7) is 0.269. The predicted molar refractivity (Wildman–Crippen MR) is 128 cm³/mol. The number of β-lactam (4-membered cyclic amide) rings is 1. The third kappa shape index (κ3) is 4.21. The van der Waals surface area contributed by atoms with Crippen molar-refractivity contribution in [3.63, 3.8) is 0 Å². The SMILES string of the molecule is COc1ccc(COC(=O)C2=C(CCl)CS[C@@H]3[C@H](N=Cc4ccc5c(c4)OCO5)C(=O)N23)cc1. The van der Waals surface area contributed by atoms with Crippen molar-refractivity contribution in [1.29, 1.82) is 0 Å². The maximum absolute atomic E-state index is 13.0. The number of amides is 1. The van der Waals surface area contributed by atoms with Crippen LogP contribution >= 0.6 is 23.4 Å². The molecule has 2 aromatic carbocycles. The summed E-state index contributed by atoms with van der Waals surface area (Å²) in [4.78, 5) is 31.9. The number of fused-ring (bicyclic) bond motifs is 2. The highest BCUT2D eigenvalue weighted by molar-refractivity contribution is 8.00. The molecule has 0 bridgehead atoms. The monoisotopic (exact) mass is 500 g/mol. The molecule has 0 saturated carbocycles. The molecule has 176 valence electrons. The number of carbonyl (C=O) groups is 2. The lowest BCUT2D eigenvalue weighted by molar-refractivity contribution is -0.151. The Morgan fingerprint density at radius 2 is 2.03 bits per heavy atom. The van der Waals surface area contributed by atoms with Gasteiger partial charge in [0.1, 0.15) is 23.4 Å². The molecule has 34 heavy (non-hydrogen) atoms. The Balaban J connectivity index is 1.27. The van der Waals surface area contributed by atoms with Gasteiger partial charge in [0.05, 0.1) is 7.11 Å². The molecule has 0 aromatic heterocycles. The van der Waals surface area contributed by atoms with Crippen LogP contribution in [0.15, 0.2) is 58.7 Å². The molecular weight excluding hydrogens is 480 g/mol. The third-order valence-electron chi connectivity index (χ3n) is 5.68. The van der Waals surface area contributed by atoms with E-state index in [4.69, 9.17) is 30.5 Å². The van der Waals surface area contributed by atoms with Crippen molar-refractivity contribution < 1.29 is 28.5 Å². The number of benzene rings is 2. The summed E-state index contributed by atoms with van der Waals surface area (Å²) in [5.74, 6) is 1.89. The second kappa shape index (κ2) is 9.60. The number of ether oxygens (including phenoxy) is 4. The summed E-state index contributed by atoms with van der Waals surface area (Å²) >= 11 is 7.63. The van der Waals surface area contributed by atoms with Gasteiger partial charge in [-0.15, -0.1) is 23.4 Å². The molecule has 0 unspecified atom stereocenters. The lowest BCUT2D eigenvalue weighted by Gasteiger charge is -2.48. The van der Waals surface area contributed by atoms with Crippen LogP contribution < -0.4 is 14.2 Å². The first-order valence-electron chi connectivity index (χ1n) is 10.5. The van der Waals surface area contributed by atoms with Crippen LogP contribution in [0, 0.1) is 0 Å². The van der Waals surface area contributed by atoms with Gasteiger partial charge in [-0.25, -0.2) is 4.79 Å². The molecule has 2 aromatic rings. The maximum Gasteiger partial charge on any atom is 0.355 e. The molecule has 10 heteroatoms. The van der Waals surface area contributed by atoms with E-state index in [1.54, 1.807) is 31.5 Å². The number of aliphatic imine (C=N–C) groups is 1. The van der Waals surface area contributed by atoms with Gasteiger partial charge in [-0.3, -0.25) is 14.7 Å². The zero-order valence-electron chi connectivity index (χ0n) is 18.2. The Labute approximate surface area is 205 Å². The Hall–Kier alpha value is -3.17. The van der Waals surface area contributed by atoms with Crippen LogP contribution in [-0.2, 0) is 20.9 Å². The predicted octanol–water partition coefficient (Wildman–Crippen LogP) is 3.36. The van der Waals surface area contributed by atoms with Crippen LogP contribution in [-0.4, -0.2) is 59.9 Å². The summed E-state index contributed by atoms with van der Waals surface area (Å²) in [6.07, 6.45) is 1.64. The minimum atomic E-state index is -0.586. The standard InChI is InChI=1S/C24H21ClN2O6S/c1-30-17-5-2-14(3-6-17)11-31-24(29)21-16(9-25)12-34-23-20(22(28)27(21)23)26-10-15-4-7-18-19(8-15)33-13-32-18/h2-8,10,20,23H,9,11-13H2,1H3/t20-,23-/m1/s1. The van der Waals surface area contributed by atoms with E-state index in [2.05, 4.69) is 4.99 Å². The van der Waals surface area contributed by atoms with Crippen LogP contribution in [0.5, 0.6) is 17.2 Å². The number of carbonyl (C=O) groups excluding carboxylic acids is 2. The molecule has 8 nitrogen and oxygen atoms in total. The smallest absolute Gasteiger partial charge is 0.355 e. The van der Waals surface area contributed by atoms with Crippen molar-refractivity contribution in [1.82, 2.24) is 4.90 Å². The number of alkyl halides is 1. The average molecular weight is 501 g/mol. The van der Waals surface area contributed by atoms with E-state index in [1.165, 1.54) is 16.7 Å². The number of hydrogen-bond donors (Lipinski definition) is 0. The van der Waals surface area contributed by atoms with Crippen molar-refractivity contribution in [3.8, 4) is 17.2 Å². The molecule has 0 radical (unpaired) electrons. The molecule has 1 saturated heterocycles. The number of esters is 1. The maximum atomic E-state index is 13.0. The van der Waals surface area contributed by atoms with Crippen LogP contribution in [0.3, 0.4) is 0 Å². The van der Waals surface area contributed by atoms with Gasteiger partial charge in [-0.05, 0) is 47.0 Å². The van der Waals surface area contributed by atoms with E-state index >= 15 is 0 Å². The largest absolute Gasteiger partial charge is 0.497 e. The van der Waals surface area contributed by atoms with Crippen molar-refractivity contribution in [2.45, 2.75) is 18.0 Å². The summed E-state index contributed by atoms with van der Waals surface area (Å²) in [6, 6.07) is 12.1. The molecule has 2 atom stereocenters. The van der Waals surface area contributed by atoms with Crippen LogP contribution in [0.2, 0.25) is 0 Å². The van der Waals surface area contributed by atoms with Crippen LogP contribution in [0.4, 0.5) is 0 Å². The van der Waals surface area contributed by atoms with E-state index in [1.807, 2.05) is 24.3 Å². The lowest BCUT2D eigenvalue weighted by atomic mass is 10.0. The van der Waals surface area contributed by atoms with E-state index in [0.717, 1.165) is 11.1 Å². The molecule has 1 fully saturated rings. The van der Waals surface area contributed by atoms with Crippen LogP contribution in [0.1, 0.15) is 11.1 Å². The highest BCUT2D eigenvalue weighted by Crippen LogP contribution is 2.42. The topological polar surface area (TPSA) is 86.7 Å². The fourth-order valence-corrected chi connectivity index (χ4v) is 5.53. The van der Waals surface area contributed by atoms with E-state index in [-0.39, 0.29) is 36.3 Å². The fourth-order valence-electron chi connectivity index (χ4n) is 3.86. The van der Waals surface area contributed by atoms with Crippen molar-refractivity contribution >= 4 is 41.5 Å². The molecule has 0 N–H and O–H groups in total. The van der Waals surface area contributed by atoms with Gasteiger partial charge < -0.3 is 18.9 Å². The summed E-state index contributed by atoms with van der Waals surface area (Å²) in [5.41, 5.74) is 2.51. The molecule has 3 aliphatic rings. The number of methoxy groups -OCH3 is 1. The summed E-state index contributed by atoms with van der Waals surface area (Å²) in [5, 5.41) is -0.284. The Morgan fingerprint density at radius 3 is 2.79 bits per heavy atom. The Morgan fingerprint density at radius 1 is 1.24 bits per heavy atom. The first kappa shape index (κ1) is 22.6. The highest BCUT2D eigenvalue weighted by atomic mass is 35.5. The summed E-state index contributed by atoms with van der Waals surface area (Å²) in [7, 11) is 1.59. The second-order valence-corrected chi connectivity index (χ2v) is 9.13. The molecule has 3 aliphatic heterocycles. The number of hydrogen-bond acceptors (Lipinski definition) is 8. The number of halogens is 1. The third-order valence-corrected chi connectivity index (χ3v) is 7.33. The van der Waals surface area contributed by atoms with E-state index < -0.39 is 12.0 Å². The molecule has 5 rings (SSSR count). The number of nitrogens with zero attached hydrogens (tertiary/aromatic N) is 2. The van der Waals surface area contributed by atoms with E-state index in [9.17, 15) is 9.59 Å². The Kier molecular flexibility index (Phi) is 6.38. The van der Waals surface area contributed by atoms with Gasteiger partial charge in [0.15, 0.2) is 17.5 Å². The van der Waals surface area contributed by atoms with Crippen molar-refractivity contribution in [3.05, 3.63) is 64.9 Å². The molecule has 3 heterocycles. The minimum Gasteiger partial charge on any atom is -0.497 e. The van der Waals surface area contributed by atoms with Gasteiger partial charge in [0, 0.05) is 17.8 Å². The first-order chi connectivity index (χ1) is 16.6. The molecule has 0 aliphatic carbocycles. The fraction of sp³-hybridized carbons (Fsp3) is 0.292. The molecular formula is C24H21ClN2O6S. The number of rotatable bonds is 7. The summed E-state index contributed by atoms with van der Waals surface area (Å²) < 4.78 is 21.4. The van der Waals surface area contributed by atoms with Gasteiger partial charge >= 0.3 is 5.97 Å². The molecule has 1 amide bonds. The highest BCUT2D eigenvalue weighted by Gasteiger charge is 2.53. The average Bonchev–Trinajstić information content (AvgIpc) is 3.34. The molecule has 0 spiro atoms. The quantitative estimate of drug-likeness (QED) is 0.249. The van der Waals surface area contributed by atoms with Crippen molar-refractivity contribution in [2.24, 2.45) is 4.99 Å². The van der Waals surface area contributed by atoms with Gasteiger partial charge in [0.25, 0.3) is 5.91 Å². The second-order valence-electron chi connectivity index (χ2n) is 7.76. The van der Waals surface area contributed by atoms with Crippen LogP contribution in [0.25, 0.3) is 0 Å². The zero-order valence-corrected chi connectivity index (χ0v) is 19.8. The lowest BCUT2D eigenvalue weighted by Crippen LogP contribution is -2.64. The Bertz CT molecular complexity index is 1180.